The lowest BCUT2D eigenvalue weighted by Gasteiger charge is -2.50. The number of benzene rings is 4. The molecule has 0 amide bonds. The molecule has 2 heterocycles. The molecule has 2 saturated heterocycles. The highest BCUT2D eigenvalue weighted by atomic mass is 16.6. The number of ether oxygens (including phenoxy) is 5. The summed E-state index contributed by atoms with van der Waals surface area (Å²) in [7, 11) is 0. The van der Waals surface area contributed by atoms with E-state index in [0.29, 0.717) is 33.0 Å². The fraction of sp³-hybridized carbons (Fsp3) is 0.333. The van der Waals surface area contributed by atoms with Crippen LogP contribution in [-0.4, -0.2) is 43.7 Å². The number of hydrogen-bond acceptors (Lipinski definition) is 5. The molecule has 0 N–H and O–H groups in total. The Morgan fingerprint density at radius 2 is 1.07 bits per heavy atom. The Kier molecular flexibility index (Phi) is 9.53. The van der Waals surface area contributed by atoms with Crippen molar-refractivity contribution in [2.45, 2.75) is 62.7 Å². The minimum atomic E-state index is -0.370. The second-order valence-electron chi connectivity index (χ2n) is 10.8. The first-order valence-electron chi connectivity index (χ1n) is 14.6. The van der Waals surface area contributed by atoms with Gasteiger partial charge in [0.05, 0.1) is 32.5 Å². The first kappa shape index (κ1) is 27.8. The van der Waals surface area contributed by atoms with Gasteiger partial charge in [-0.25, -0.2) is 0 Å². The minimum Gasteiger partial charge on any atom is -0.374 e. The van der Waals surface area contributed by atoms with Gasteiger partial charge in [0.25, 0.3) is 0 Å². The summed E-state index contributed by atoms with van der Waals surface area (Å²) >= 11 is 0. The van der Waals surface area contributed by atoms with Crippen molar-refractivity contribution < 1.29 is 23.7 Å². The Balaban J connectivity index is 1.28. The van der Waals surface area contributed by atoms with Crippen molar-refractivity contribution in [3.8, 4) is 0 Å². The van der Waals surface area contributed by atoms with Crippen LogP contribution in [0.15, 0.2) is 121 Å². The van der Waals surface area contributed by atoms with E-state index in [0.717, 1.165) is 23.1 Å². The van der Waals surface area contributed by atoms with Crippen molar-refractivity contribution in [3.63, 3.8) is 0 Å². The van der Waals surface area contributed by atoms with Crippen LogP contribution in [0, 0.1) is 0 Å². The third-order valence-corrected chi connectivity index (χ3v) is 8.00. The molecule has 5 heteroatoms. The van der Waals surface area contributed by atoms with Crippen LogP contribution in [0.2, 0.25) is 0 Å². The highest BCUT2D eigenvalue weighted by Crippen LogP contribution is 2.41. The zero-order valence-electron chi connectivity index (χ0n) is 23.3. The Hall–Kier alpha value is -3.32. The average Bonchev–Trinajstić information content (AvgIpc) is 3.04. The van der Waals surface area contributed by atoms with Crippen molar-refractivity contribution in [2.24, 2.45) is 0 Å². The standard InChI is InChI=1S/C36H38O5/c1-5-13-27(14-6-1)23-37-26-32-34(39-24-28-15-7-2-8-16-28)36(40-25-29-17-9-3-10-18-29)35-33(41-32)31(21-22-38-35)30-19-11-4-12-20-30/h1-20,31-36H,21-26H2/t31-,32+,33-,34+,35-,36-/m0/s1. The van der Waals surface area contributed by atoms with E-state index >= 15 is 0 Å². The van der Waals surface area contributed by atoms with Gasteiger partial charge in [0.15, 0.2) is 0 Å². The first-order valence-corrected chi connectivity index (χ1v) is 14.6. The van der Waals surface area contributed by atoms with E-state index in [9.17, 15) is 0 Å². The largest absolute Gasteiger partial charge is 0.374 e. The van der Waals surface area contributed by atoms with Gasteiger partial charge < -0.3 is 23.7 Å². The molecule has 0 bridgehead atoms. The molecule has 0 aliphatic carbocycles. The molecule has 0 aromatic heterocycles. The maximum atomic E-state index is 6.92. The molecule has 0 radical (unpaired) electrons. The van der Waals surface area contributed by atoms with Crippen molar-refractivity contribution in [3.05, 3.63) is 144 Å². The van der Waals surface area contributed by atoms with E-state index in [1.807, 2.05) is 54.6 Å². The molecule has 6 rings (SSSR count). The topological polar surface area (TPSA) is 46.2 Å². The van der Waals surface area contributed by atoms with Crippen LogP contribution in [0.25, 0.3) is 0 Å². The molecule has 0 unspecified atom stereocenters. The molecular formula is C36H38O5. The number of rotatable bonds is 11. The van der Waals surface area contributed by atoms with Crippen LogP contribution in [0.1, 0.15) is 34.6 Å². The van der Waals surface area contributed by atoms with Crippen molar-refractivity contribution in [2.75, 3.05) is 13.2 Å². The van der Waals surface area contributed by atoms with Crippen LogP contribution < -0.4 is 0 Å². The molecule has 6 atom stereocenters. The zero-order valence-corrected chi connectivity index (χ0v) is 23.3. The maximum Gasteiger partial charge on any atom is 0.115 e. The fourth-order valence-electron chi connectivity index (χ4n) is 5.93. The monoisotopic (exact) mass is 550 g/mol. The maximum absolute atomic E-state index is 6.92. The van der Waals surface area contributed by atoms with E-state index < -0.39 is 0 Å². The van der Waals surface area contributed by atoms with Gasteiger partial charge in [0, 0.05) is 12.5 Å². The predicted octanol–water partition coefficient (Wildman–Crippen LogP) is 6.71. The van der Waals surface area contributed by atoms with Crippen LogP contribution in [0.4, 0.5) is 0 Å². The van der Waals surface area contributed by atoms with Crippen molar-refractivity contribution >= 4 is 0 Å². The van der Waals surface area contributed by atoms with Crippen LogP contribution >= 0.6 is 0 Å². The summed E-state index contributed by atoms with van der Waals surface area (Å²) in [5.74, 6) is 0.199. The highest BCUT2D eigenvalue weighted by molar-refractivity contribution is 5.23. The van der Waals surface area contributed by atoms with E-state index in [1.165, 1.54) is 5.56 Å². The molecule has 0 spiro atoms. The molecule has 0 saturated carbocycles. The number of hydrogen-bond donors (Lipinski definition) is 0. The minimum absolute atomic E-state index is 0.172. The molecule has 212 valence electrons. The summed E-state index contributed by atoms with van der Waals surface area (Å²) in [6.07, 6.45) is -0.557. The Morgan fingerprint density at radius 3 is 1.66 bits per heavy atom. The third-order valence-electron chi connectivity index (χ3n) is 8.00. The van der Waals surface area contributed by atoms with Crippen molar-refractivity contribution in [1.29, 1.82) is 0 Å². The van der Waals surface area contributed by atoms with Gasteiger partial charge >= 0.3 is 0 Å². The Labute approximate surface area is 243 Å². The number of fused-ring (bicyclic) bond motifs is 1. The summed E-state index contributed by atoms with van der Waals surface area (Å²) in [6, 6.07) is 41.4. The van der Waals surface area contributed by atoms with Crippen LogP contribution in [-0.2, 0) is 43.5 Å². The van der Waals surface area contributed by atoms with Gasteiger partial charge in [0.1, 0.15) is 24.4 Å². The van der Waals surface area contributed by atoms with Crippen molar-refractivity contribution in [1.82, 2.24) is 0 Å². The van der Waals surface area contributed by atoms with Crippen LogP contribution in [0.3, 0.4) is 0 Å². The summed E-state index contributed by atoms with van der Waals surface area (Å²) in [5, 5.41) is 0. The fourth-order valence-corrected chi connectivity index (χ4v) is 5.93. The second kappa shape index (κ2) is 14.0. The lowest BCUT2D eigenvalue weighted by Crippen LogP contribution is -2.63. The van der Waals surface area contributed by atoms with E-state index in [4.69, 9.17) is 23.7 Å². The summed E-state index contributed by atoms with van der Waals surface area (Å²) in [6.45, 7) is 2.47. The van der Waals surface area contributed by atoms with E-state index in [1.54, 1.807) is 0 Å². The molecule has 2 fully saturated rings. The smallest absolute Gasteiger partial charge is 0.115 e. The Morgan fingerprint density at radius 1 is 0.561 bits per heavy atom. The normalized spacial score (nSPS) is 25.9. The molecule has 41 heavy (non-hydrogen) atoms. The molecule has 4 aromatic carbocycles. The van der Waals surface area contributed by atoms with Gasteiger partial charge in [-0.3, -0.25) is 0 Å². The lowest BCUT2D eigenvalue weighted by molar-refractivity contribution is -0.285. The van der Waals surface area contributed by atoms with Gasteiger partial charge in [-0.1, -0.05) is 121 Å². The molecular weight excluding hydrogens is 512 g/mol. The lowest BCUT2D eigenvalue weighted by atomic mass is 9.80. The summed E-state index contributed by atoms with van der Waals surface area (Å²) in [5.41, 5.74) is 4.61. The SMILES string of the molecule is c1ccc(COC[C@H]2O[C@@H]3[C@H](OCC[C@H]3c3ccccc3)[C@@H](OCc3ccccc3)[C@@H]2OCc2ccccc2)cc1. The molecule has 4 aromatic rings. The third kappa shape index (κ3) is 7.13. The Bertz CT molecular complexity index is 1300. The molecule has 5 nitrogen and oxygen atoms in total. The van der Waals surface area contributed by atoms with E-state index in [2.05, 4.69) is 66.7 Å². The van der Waals surface area contributed by atoms with Gasteiger partial charge in [-0.05, 0) is 28.7 Å². The zero-order chi connectivity index (χ0) is 27.7. The van der Waals surface area contributed by atoms with Gasteiger partial charge in [0.2, 0.25) is 0 Å². The van der Waals surface area contributed by atoms with Gasteiger partial charge in [-0.2, -0.15) is 0 Å². The molecule has 2 aliphatic heterocycles. The van der Waals surface area contributed by atoms with E-state index in [-0.39, 0.29) is 36.4 Å². The second-order valence-corrected chi connectivity index (χ2v) is 10.8. The van der Waals surface area contributed by atoms with Gasteiger partial charge in [-0.15, -0.1) is 0 Å². The quantitative estimate of drug-likeness (QED) is 0.208. The average molecular weight is 551 g/mol. The molecule has 2 aliphatic rings. The highest BCUT2D eigenvalue weighted by Gasteiger charge is 2.52. The first-order chi connectivity index (χ1) is 20.3. The summed E-state index contributed by atoms with van der Waals surface area (Å²) < 4.78 is 33.1. The van der Waals surface area contributed by atoms with Crippen LogP contribution in [0.5, 0.6) is 0 Å². The summed E-state index contributed by atoms with van der Waals surface area (Å²) in [4.78, 5) is 0. The predicted molar refractivity (Wildman–Crippen MR) is 158 cm³/mol.